The van der Waals surface area contributed by atoms with E-state index in [0.717, 1.165) is 32.2 Å². The first-order valence-electron chi connectivity index (χ1n) is 7.20. The van der Waals surface area contributed by atoms with Crippen LogP contribution < -0.4 is 11.1 Å². The Bertz CT molecular complexity index is 898. The van der Waals surface area contributed by atoms with Crippen molar-refractivity contribution in [3.05, 3.63) is 58.7 Å². The van der Waals surface area contributed by atoms with E-state index in [1.54, 1.807) is 17.5 Å². The minimum atomic E-state index is 0.546. The molecule has 0 amide bonds. The summed E-state index contributed by atoms with van der Waals surface area (Å²) in [5.41, 5.74) is 8.65. The number of hydrogen-bond acceptors (Lipinski definition) is 5. The molecule has 23 heavy (non-hydrogen) atoms. The van der Waals surface area contributed by atoms with Crippen LogP contribution in [0.25, 0.3) is 16.3 Å². The molecule has 0 spiro atoms. The van der Waals surface area contributed by atoms with E-state index in [1.807, 2.05) is 43.5 Å². The van der Waals surface area contributed by atoms with Crippen molar-refractivity contribution in [3.8, 4) is 11.8 Å². The lowest BCUT2D eigenvalue weighted by Gasteiger charge is -1.96. The Kier molecular flexibility index (Phi) is 4.67. The molecule has 4 nitrogen and oxygen atoms in total. The number of aromatic nitrogens is 2. The first kappa shape index (κ1) is 15.2. The third-order valence-electron chi connectivity index (χ3n) is 3.25. The van der Waals surface area contributed by atoms with Gasteiger partial charge < -0.3 is 11.1 Å². The van der Waals surface area contributed by atoms with Gasteiger partial charge in [0.15, 0.2) is 0 Å². The molecule has 2 heterocycles. The monoisotopic (exact) mass is 319 g/mol. The molecule has 0 aliphatic rings. The second-order valence-corrected chi connectivity index (χ2v) is 5.91. The maximum atomic E-state index is 5.66. The molecule has 1 aromatic carbocycles. The van der Waals surface area contributed by atoms with Crippen LogP contribution in [0.3, 0.4) is 0 Å². The molecule has 0 atom stereocenters. The van der Waals surface area contributed by atoms with Gasteiger partial charge in [0, 0.05) is 25.4 Å². The Morgan fingerprint density at radius 1 is 1.30 bits per heavy atom. The van der Waals surface area contributed by atoms with Crippen LogP contribution in [0.5, 0.6) is 0 Å². The summed E-state index contributed by atoms with van der Waals surface area (Å²) in [5.74, 6) is 6.89. The first-order valence-corrected chi connectivity index (χ1v) is 8.01. The summed E-state index contributed by atoms with van der Waals surface area (Å²) in [7, 11) is 1.84. The number of benzene rings is 1. The minimum absolute atomic E-state index is 0.546. The number of nitrogens with zero attached hydrogens (tertiary/aromatic N) is 2. The molecule has 0 fully saturated rings. The predicted octanol–water partition coefficient (Wildman–Crippen LogP) is 3.26. The number of thiazole rings is 1. The van der Waals surface area contributed by atoms with E-state index in [9.17, 15) is 0 Å². The van der Waals surface area contributed by atoms with Crippen molar-refractivity contribution in [2.45, 2.75) is 6.54 Å². The number of nitrogens with two attached hydrogens (primary N) is 1. The Labute approximate surface area is 139 Å². The SMILES string of the molecule is [11CH3]Nc1ccc(C#C/C=C/c2nc3ccc(CN)cc3s2)cn1. The van der Waals surface area contributed by atoms with Crippen LogP contribution in [0.15, 0.2) is 42.6 Å². The molecule has 3 rings (SSSR count). The number of rotatable bonds is 3. The highest BCUT2D eigenvalue weighted by Gasteiger charge is 2.01. The Balaban J connectivity index is 1.74. The van der Waals surface area contributed by atoms with E-state index >= 15 is 0 Å². The highest BCUT2D eigenvalue weighted by molar-refractivity contribution is 7.19. The molecule has 0 unspecified atom stereocenters. The zero-order chi connectivity index (χ0) is 16.1. The van der Waals surface area contributed by atoms with Gasteiger partial charge in [0.25, 0.3) is 0 Å². The number of allylic oxidation sites excluding steroid dienone is 1. The molecule has 0 saturated carbocycles. The van der Waals surface area contributed by atoms with Crippen molar-refractivity contribution in [2.24, 2.45) is 5.73 Å². The molecule has 0 aliphatic carbocycles. The van der Waals surface area contributed by atoms with Crippen LogP contribution in [-0.2, 0) is 6.54 Å². The van der Waals surface area contributed by atoms with Crippen LogP contribution in [0.4, 0.5) is 5.82 Å². The third kappa shape index (κ3) is 3.75. The lowest BCUT2D eigenvalue weighted by Crippen LogP contribution is -1.94. The van der Waals surface area contributed by atoms with E-state index in [2.05, 4.69) is 33.2 Å². The van der Waals surface area contributed by atoms with Crippen molar-refractivity contribution in [1.29, 1.82) is 0 Å². The van der Waals surface area contributed by atoms with Crippen molar-refractivity contribution >= 4 is 33.4 Å². The van der Waals surface area contributed by atoms with E-state index in [0.29, 0.717) is 6.54 Å². The Morgan fingerprint density at radius 3 is 2.96 bits per heavy atom. The molecular formula is C18H16N4S. The zero-order valence-electron chi connectivity index (χ0n) is 12.7. The second kappa shape index (κ2) is 7.05. The van der Waals surface area contributed by atoms with Gasteiger partial charge in [-0.25, -0.2) is 9.97 Å². The van der Waals surface area contributed by atoms with E-state index in [1.165, 1.54) is 0 Å². The van der Waals surface area contributed by atoms with Crippen LogP contribution in [0.1, 0.15) is 16.1 Å². The molecule has 2 aromatic heterocycles. The summed E-state index contributed by atoms with van der Waals surface area (Å²) in [4.78, 5) is 8.78. The van der Waals surface area contributed by atoms with Gasteiger partial charge in [-0.1, -0.05) is 17.9 Å². The maximum absolute atomic E-state index is 5.66. The molecule has 0 aliphatic heterocycles. The molecule has 5 heteroatoms. The summed E-state index contributed by atoms with van der Waals surface area (Å²) in [6.07, 6.45) is 5.49. The fourth-order valence-electron chi connectivity index (χ4n) is 2.04. The molecular weight excluding hydrogens is 303 g/mol. The van der Waals surface area contributed by atoms with Gasteiger partial charge in [0.2, 0.25) is 0 Å². The predicted molar refractivity (Wildman–Crippen MR) is 97.2 cm³/mol. The Hall–Kier alpha value is -2.68. The van der Waals surface area contributed by atoms with Crippen LogP contribution >= 0.6 is 11.3 Å². The lowest BCUT2D eigenvalue weighted by molar-refractivity contribution is 1.08. The summed E-state index contributed by atoms with van der Waals surface area (Å²) in [5, 5.41) is 3.91. The van der Waals surface area contributed by atoms with Crippen molar-refractivity contribution in [2.75, 3.05) is 12.4 Å². The standard InChI is InChI=1S/C18H16N4S/c1-20-17-9-7-13(12-21-17)4-2-3-5-18-22-15-8-6-14(11-19)10-16(15)23-18/h3,5-10,12H,11,19H2,1H3,(H,20,21)/b5-3+/i1-1. The van der Waals surface area contributed by atoms with E-state index < -0.39 is 0 Å². The van der Waals surface area contributed by atoms with Crippen molar-refractivity contribution in [3.63, 3.8) is 0 Å². The van der Waals surface area contributed by atoms with Gasteiger partial charge in [0.1, 0.15) is 10.8 Å². The molecule has 0 saturated heterocycles. The summed E-state index contributed by atoms with van der Waals surface area (Å²) in [6.45, 7) is 0.546. The second-order valence-electron chi connectivity index (χ2n) is 4.84. The number of pyridine rings is 1. The van der Waals surface area contributed by atoms with Crippen LogP contribution in [0, 0.1) is 11.8 Å². The lowest BCUT2D eigenvalue weighted by atomic mass is 10.2. The first-order chi connectivity index (χ1) is 11.3. The topological polar surface area (TPSA) is 63.8 Å². The summed E-state index contributed by atoms with van der Waals surface area (Å²) >= 11 is 1.64. The molecule has 3 N–H and O–H groups in total. The quantitative estimate of drug-likeness (QED) is 0.727. The normalized spacial score (nSPS) is 10.7. The maximum Gasteiger partial charge on any atom is 0.125 e. The third-order valence-corrected chi connectivity index (χ3v) is 4.23. The minimum Gasteiger partial charge on any atom is -0.373 e. The highest BCUT2D eigenvalue weighted by Crippen LogP contribution is 2.24. The van der Waals surface area contributed by atoms with Crippen molar-refractivity contribution < 1.29 is 0 Å². The summed E-state index contributed by atoms with van der Waals surface area (Å²) < 4.78 is 1.15. The van der Waals surface area contributed by atoms with E-state index in [4.69, 9.17) is 5.73 Å². The highest BCUT2D eigenvalue weighted by atomic mass is 32.1. The zero-order valence-corrected chi connectivity index (χ0v) is 13.5. The number of fused-ring (bicyclic) bond motifs is 1. The van der Waals surface area contributed by atoms with Gasteiger partial charge in [-0.2, -0.15) is 0 Å². The molecule has 3 aromatic rings. The number of hydrogen-bond donors (Lipinski definition) is 2. The van der Waals surface area contributed by atoms with Crippen LogP contribution in [-0.4, -0.2) is 17.0 Å². The fourth-order valence-corrected chi connectivity index (χ4v) is 2.97. The Morgan fingerprint density at radius 2 is 2.22 bits per heavy atom. The molecule has 0 bridgehead atoms. The number of anilines is 1. The van der Waals surface area contributed by atoms with Gasteiger partial charge >= 0.3 is 0 Å². The summed E-state index contributed by atoms with van der Waals surface area (Å²) in [6, 6.07) is 9.94. The fraction of sp³-hybridized carbons (Fsp3) is 0.111. The average Bonchev–Trinajstić information content (AvgIpc) is 3.01. The largest absolute Gasteiger partial charge is 0.373 e. The van der Waals surface area contributed by atoms with E-state index in [-0.39, 0.29) is 0 Å². The molecule has 0 radical (unpaired) electrons. The molecule has 114 valence electrons. The number of nitrogens with one attached hydrogen (secondary N) is 1. The van der Waals surface area contributed by atoms with Crippen LogP contribution in [0.2, 0.25) is 0 Å². The van der Waals surface area contributed by atoms with Crippen molar-refractivity contribution in [1.82, 2.24) is 9.97 Å². The van der Waals surface area contributed by atoms with Gasteiger partial charge in [-0.3, -0.25) is 0 Å². The smallest absolute Gasteiger partial charge is 0.125 e. The van der Waals surface area contributed by atoms with Gasteiger partial charge in [0.05, 0.1) is 10.2 Å². The average molecular weight is 319 g/mol. The van der Waals surface area contributed by atoms with Gasteiger partial charge in [-0.15, -0.1) is 11.3 Å². The van der Waals surface area contributed by atoms with Gasteiger partial charge in [-0.05, 0) is 42.0 Å².